The molecule has 6 rings (SSSR count). The van der Waals surface area contributed by atoms with Crippen molar-refractivity contribution in [3.63, 3.8) is 0 Å². The number of carbonyl (C=O) groups is 1. The fraction of sp³-hybridized carbons (Fsp3) is 0.333. The van der Waals surface area contributed by atoms with Gasteiger partial charge < -0.3 is 24.3 Å². The number of aryl methyl sites for hydroxylation is 3. The number of ether oxygens (including phenoxy) is 1. The molecule has 2 aromatic heterocycles. The first-order valence-electron chi connectivity index (χ1n) is 14.6. The Kier molecular flexibility index (Phi) is 8.38. The highest BCUT2D eigenvalue weighted by Crippen LogP contribution is 2.42. The van der Waals surface area contributed by atoms with E-state index in [4.69, 9.17) is 20.9 Å². The van der Waals surface area contributed by atoms with Crippen LogP contribution in [-0.4, -0.2) is 65.0 Å². The quantitative estimate of drug-likeness (QED) is 0.176. The van der Waals surface area contributed by atoms with Crippen molar-refractivity contribution in [2.24, 2.45) is 0 Å². The van der Waals surface area contributed by atoms with Crippen molar-refractivity contribution in [2.75, 3.05) is 39.3 Å². The number of hydrogen-bond acceptors (Lipinski definition) is 6. The fourth-order valence-electron chi connectivity index (χ4n) is 6.25. The van der Waals surface area contributed by atoms with Crippen LogP contribution < -0.4 is 10.1 Å². The van der Waals surface area contributed by atoms with E-state index in [0.29, 0.717) is 54.8 Å². The fourth-order valence-corrected chi connectivity index (χ4v) is 6.50. The Balaban J connectivity index is 1.37. The predicted molar refractivity (Wildman–Crippen MR) is 166 cm³/mol. The van der Waals surface area contributed by atoms with Gasteiger partial charge in [0.15, 0.2) is 0 Å². The second-order valence-electron chi connectivity index (χ2n) is 11.0. The third-order valence-corrected chi connectivity index (χ3v) is 8.56. The highest BCUT2D eigenvalue weighted by molar-refractivity contribution is 6.35. The molecule has 1 aliphatic rings. The number of halogens is 2. The van der Waals surface area contributed by atoms with Crippen molar-refractivity contribution in [1.82, 2.24) is 19.9 Å². The Bertz CT molecular complexity index is 1790. The van der Waals surface area contributed by atoms with Gasteiger partial charge in [0.2, 0.25) is 0 Å². The van der Waals surface area contributed by atoms with Crippen molar-refractivity contribution >= 4 is 39.2 Å². The number of hydrogen-bond donors (Lipinski definition) is 2. The molecule has 0 unspecified atom stereocenters. The maximum Gasteiger partial charge on any atom is 0.352 e. The SMILES string of the molecule is Cc1noc(C)c1-c1c(Cl)ccc2c(CCCOc3cccc4cc(F)ccc34)c(C(=O)O)n(CCN3CCNCC3)c12. The van der Waals surface area contributed by atoms with Gasteiger partial charge >= 0.3 is 5.97 Å². The number of nitrogens with zero attached hydrogens (tertiary/aromatic N) is 3. The zero-order chi connectivity index (χ0) is 30.1. The molecule has 3 heterocycles. The monoisotopic (exact) mass is 604 g/mol. The van der Waals surface area contributed by atoms with E-state index in [9.17, 15) is 14.3 Å². The summed E-state index contributed by atoms with van der Waals surface area (Å²) in [6, 6.07) is 13.9. The number of carboxylic acids is 1. The zero-order valence-corrected chi connectivity index (χ0v) is 25.0. The van der Waals surface area contributed by atoms with Crippen molar-refractivity contribution in [3.05, 3.63) is 82.1 Å². The maximum atomic E-state index is 13.7. The lowest BCUT2D eigenvalue weighted by Gasteiger charge is -2.27. The number of rotatable bonds is 10. The number of benzene rings is 3. The molecule has 224 valence electrons. The van der Waals surface area contributed by atoms with Gasteiger partial charge in [0, 0.05) is 55.6 Å². The molecule has 1 aliphatic heterocycles. The molecule has 1 fully saturated rings. The summed E-state index contributed by atoms with van der Waals surface area (Å²) in [6.07, 6.45) is 1.07. The molecule has 0 atom stereocenters. The van der Waals surface area contributed by atoms with Gasteiger partial charge in [0.05, 0.1) is 28.4 Å². The van der Waals surface area contributed by atoms with Crippen molar-refractivity contribution in [2.45, 2.75) is 33.2 Å². The number of nitrogens with one attached hydrogen (secondary N) is 1. The maximum absolute atomic E-state index is 13.7. The van der Waals surface area contributed by atoms with Gasteiger partial charge in [-0.05, 0) is 68.0 Å². The summed E-state index contributed by atoms with van der Waals surface area (Å²) >= 11 is 6.86. The van der Waals surface area contributed by atoms with E-state index in [1.165, 1.54) is 12.1 Å². The van der Waals surface area contributed by atoms with E-state index in [2.05, 4.69) is 15.4 Å². The van der Waals surface area contributed by atoms with Crippen LogP contribution in [-0.2, 0) is 13.0 Å². The Labute approximate surface area is 254 Å². The molecular weight excluding hydrogens is 571 g/mol. The van der Waals surface area contributed by atoms with Gasteiger partial charge in [-0.2, -0.15) is 0 Å². The number of aromatic carboxylic acids is 1. The molecule has 2 N–H and O–H groups in total. The molecule has 0 spiro atoms. The average molecular weight is 605 g/mol. The minimum atomic E-state index is -0.982. The van der Waals surface area contributed by atoms with Gasteiger partial charge in [-0.25, -0.2) is 9.18 Å². The van der Waals surface area contributed by atoms with E-state index in [-0.39, 0.29) is 11.5 Å². The minimum absolute atomic E-state index is 0.265. The first-order chi connectivity index (χ1) is 20.8. The second-order valence-corrected chi connectivity index (χ2v) is 11.4. The van der Waals surface area contributed by atoms with Crippen LogP contribution in [0.25, 0.3) is 32.8 Å². The summed E-state index contributed by atoms with van der Waals surface area (Å²) < 4.78 is 27.3. The van der Waals surface area contributed by atoms with Gasteiger partial charge in [0.25, 0.3) is 0 Å². The Morgan fingerprint density at radius 1 is 1.09 bits per heavy atom. The van der Waals surface area contributed by atoms with Crippen molar-refractivity contribution < 1.29 is 23.6 Å². The first-order valence-corrected chi connectivity index (χ1v) is 15.0. The van der Waals surface area contributed by atoms with Crippen LogP contribution in [0.3, 0.4) is 0 Å². The summed E-state index contributed by atoms with van der Waals surface area (Å²) in [4.78, 5) is 15.3. The Morgan fingerprint density at radius 3 is 2.63 bits per heavy atom. The van der Waals surface area contributed by atoms with Crippen LogP contribution in [0.2, 0.25) is 5.02 Å². The summed E-state index contributed by atoms with van der Waals surface area (Å²) in [7, 11) is 0. The van der Waals surface area contributed by atoms with Crippen molar-refractivity contribution in [3.8, 4) is 16.9 Å². The van der Waals surface area contributed by atoms with E-state index in [1.807, 2.05) is 48.7 Å². The molecule has 1 saturated heterocycles. The molecule has 5 aromatic rings. The number of fused-ring (bicyclic) bond motifs is 2. The number of carboxylic acid groups (broad SMARTS) is 1. The van der Waals surface area contributed by atoms with Gasteiger partial charge in [-0.1, -0.05) is 35.0 Å². The van der Waals surface area contributed by atoms with Crippen molar-refractivity contribution in [1.29, 1.82) is 0 Å². The van der Waals surface area contributed by atoms with Gasteiger partial charge in [-0.3, -0.25) is 4.90 Å². The van der Waals surface area contributed by atoms with Crippen LogP contribution in [0, 0.1) is 19.7 Å². The van der Waals surface area contributed by atoms with E-state index in [0.717, 1.165) is 64.5 Å². The smallest absolute Gasteiger partial charge is 0.352 e. The Hall–Kier alpha value is -3.92. The highest BCUT2D eigenvalue weighted by Gasteiger charge is 2.28. The summed E-state index contributed by atoms with van der Waals surface area (Å²) in [5.41, 5.74) is 4.02. The van der Waals surface area contributed by atoms with Crippen LogP contribution in [0.15, 0.2) is 53.1 Å². The highest BCUT2D eigenvalue weighted by atomic mass is 35.5. The third-order valence-electron chi connectivity index (χ3n) is 8.24. The minimum Gasteiger partial charge on any atom is -0.493 e. The van der Waals surface area contributed by atoms with Gasteiger partial charge in [-0.15, -0.1) is 0 Å². The molecular formula is C33H34ClFN4O4. The van der Waals surface area contributed by atoms with E-state index < -0.39 is 5.97 Å². The lowest BCUT2D eigenvalue weighted by atomic mass is 9.98. The standard InChI is InChI=1S/C33H34ClFN4O4/c1-20-29(21(2)43-37-20)30-27(34)11-10-26-25(6-4-18-42-28-7-3-5-22-19-23(35)8-9-24(22)28)32(33(40)41)39(31(26)30)17-16-38-14-12-36-13-15-38/h3,5,7-11,19,36H,4,6,12-18H2,1-2H3,(H,40,41). The molecule has 0 aliphatic carbocycles. The molecule has 0 radical (unpaired) electrons. The zero-order valence-electron chi connectivity index (χ0n) is 24.3. The summed E-state index contributed by atoms with van der Waals surface area (Å²) in [5.74, 6) is 0.0185. The number of aromatic nitrogens is 2. The Morgan fingerprint density at radius 2 is 1.88 bits per heavy atom. The normalized spacial score (nSPS) is 14.1. The molecule has 0 amide bonds. The molecule has 0 saturated carbocycles. The molecule has 8 nitrogen and oxygen atoms in total. The molecule has 0 bridgehead atoms. The molecule has 43 heavy (non-hydrogen) atoms. The lowest BCUT2D eigenvalue weighted by molar-refractivity contribution is 0.0683. The molecule has 3 aromatic carbocycles. The summed E-state index contributed by atoms with van der Waals surface area (Å²) in [6.45, 7) is 8.92. The molecule has 10 heteroatoms. The van der Waals surface area contributed by atoms with Crippen LogP contribution in [0.4, 0.5) is 4.39 Å². The second kappa shape index (κ2) is 12.4. The topological polar surface area (TPSA) is 92.8 Å². The largest absolute Gasteiger partial charge is 0.493 e. The van der Waals surface area contributed by atoms with E-state index in [1.54, 1.807) is 6.07 Å². The third kappa shape index (κ3) is 5.72. The number of piperazine rings is 1. The van der Waals surface area contributed by atoms with Gasteiger partial charge in [0.1, 0.15) is 23.0 Å². The predicted octanol–water partition coefficient (Wildman–Crippen LogP) is 6.47. The van der Waals surface area contributed by atoms with E-state index >= 15 is 0 Å². The summed E-state index contributed by atoms with van der Waals surface area (Å²) in [5, 5.41) is 21.1. The lowest BCUT2D eigenvalue weighted by Crippen LogP contribution is -2.44. The van der Waals surface area contributed by atoms with Crippen LogP contribution in [0.5, 0.6) is 5.75 Å². The van der Waals surface area contributed by atoms with Crippen LogP contribution in [0.1, 0.15) is 33.9 Å². The van der Waals surface area contributed by atoms with Crippen LogP contribution >= 0.6 is 11.6 Å². The average Bonchev–Trinajstić information content (AvgIpc) is 3.50. The first kappa shape index (κ1) is 29.2.